The van der Waals surface area contributed by atoms with Crippen molar-refractivity contribution in [2.45, 2.75) is 44.2 Å². The summed E-state index contributed by atoms with van der Waals surface area (Å²) in [5.41, 5.74) is 3.60. The monoisotopic (exact) mass is 463 g/mol. The van der Waals surface area contributed by atoms with Crippen LogP contribution in [0.2, 0.25) is 0 Å². The van der Waals surface area contributed by atoms with Crippen LogP contribution in [0.25, 0.3) is 21.8 Å². The van der Waals surface area contributed by atoms with Crippen LogP contribution in [0.15, 0.2) is 64.3 Å². The lowest BCUT2D eigenvalue weighted by molar-refractivity contribution is 0.0735. The Morgan fingerprint density at radius 3 is 2.63 bits per heavy atom. The molecule has 0 saturated heterocycles. The first-order valence-corrected chi connectivity index (χ1v) is 11.1. The van der Waals surface area contributed by atoms with Crippen molar-refractivity contribution in [2.75, 3.05) is 0 Å². The van der Waals surface area contributed by atoms with Gasteiger partial charge >= 0.3 is 0 Å². The minimum atomic E-state index is -0.500. The van der Waals surface area contributed by atoms with Gasteiger partial charge in [-0.2, -0.15) is 0 Å². The fraction of sp³-hybridized carbons (Fsp3) is 0.292. The minimum Gasteiger partial charge on any atom is -0.391 e. The molecule has 4 aromatic rings. The maximum absolute atomic E-state index is 13.5. The minimum absolute atomic E-state index is 0.0891. The van der Waals surface area contributed by atoms with Crippen LogP contribution >= 0.6 is 15.9 Å². The van der Waals surface area contributed by atoms with E-state index >= 15 is 0 Å². The summed E-state index contributed by atoms with van der Waals surface area (Å²) in [5.74, 6) is 0. The number of aliphatic hydroxyl groups is 1. The number of hydrogen-bond acceptors (Lipinski definition) is 4. The zero-order valence-corrected chi connectivity index (χ0v) is 18.0. The van der Waals surface area contributed by atoms with Gasteiger partial charge in [0.05, 0.1) is 34.9 Å². The van der Waals surface area contributed by atoms with E-state index in [4.69, 9.17) is 0 Å². The van der Waals surface area contributed by atoms with Crippen molar-refractivity contribution in [3.8, 4) is 0 Å². The second-order valence-corrected chi connectivity index (χ2v) is 8.93. The number of nitrogens with zero attached hydrogens (tertiary/aromatic N) is 3. The zero-order chi connectivity index (χ0) is 20.7. The highest BCUT2D eigenvalue weighted by molar-refractivity contribution is 9.10. The van der Waals surface area contributed by atoms with Gasteiger partial charge in [-0.3, -0.25) is 14.3 Å². The topological polar surface area (TPSA) is 68.0 Å². The van der Waals surface area contributed by atoms with Crippen LogP contribution in [0, 0.1) is 0 Å². The number of hydrogen-bond donors (Lipinski definition) is 1. The molecule has 5 nitrogen and oxygen atoms in total. The van der Waals surface area contributed by atoms with E-state index in [1.54, 1.807) is 17.1 Å². The van der Waals surface area contributed by atoms with Crippen molar-refractivity contribution in [1.82, 2.24) is 14.5 Å². The number of halogens is 1. The van der Waals surface area contributed by atoms with Crippen LogP contribution in [0.5, 0.6) is 0 Å². The molecule has 1 saturated carbocycles. The highest BCUT2D eigenvalue weighted by Crippen LogP contribution is 2.30. The molecule has 0 amide bonds. The maximum atomic E-state index is 13.5. The lowest BCUT2D eigenvalue weighted by atomic mass is 9.92. The van der Waals surface area contributed by atoms with Crippen LogP contribution in [-0.2, 0) is 6.42 Å². The molecule has 0 aliphatic heterocycles. The molecule has 6 heteroatoms. The van der Waals surface area contributed by atoms with E-state index < -0.39 is 6.10 Å². The fourth-order valence-electron chi connectivity index (χ4n) is 4.53. The Hall–Kier alpha value is -2.57. The standard InChI is InChI=1S/C24H22BrN3O2/c25-17-9-7-15(8-10-17)12-16-13-19-23(18-4-3-11-26-22(16)18)27-14-28(24(19)30)20-5-1-2-6-21(20)29/h3-4,7-11,13-14,20-21,29H,1-2,5-6,12H2/t20-,21-/m0/s1. The molecule has 1 N–H and O–H groups in total. The third-order valence-electron chi connectivity index (χ3n) is 6.08. The average molecular weight is 464 g/mol. The molecule has 0 bridgehead atoms. The van der Waals surface area contributed by atoms with Crippen LogP contribution in [0.1, 0.15) is 42.9 Å². The second-order valence-electron chi connectivity index (χ2n) is 8.01. The number of rotatable bonds is 3. The van der Waals surface area contributed by atoms with Gasteiger partial charge in [-0.05, 0) is 60.7 Å². The summed E-state index contributed by atoms with van der Waals surface area (Å²) >= 11 is 3.48. The second kappa shape index (κ2) is 7.93. The Labute approximate surface area is 182 Å². The van der Waals surface area contributed by atoms with Crippen molar-refractivity contribution in [1.29, 1.82) is 0 Å². The quantitative estimate of drug-likeness (QED) is 0.444. The van der Waals surface area contributed by atoms with E-state index in [-0.39, 0.29) is 11.6 Å². The van der Waals surface area contributed by atoms with Crippen LogP contribution < -0.4 is 5.56 Å². The summed E-state index contributed by atoms with van der Waals surface area (Å²) in [4.78, 5) is 22.7. The molecule has 5 rings (SSSR count). The van der Waals surface area contributed by atoms with Gasteiger partial charge in [-0.15, -0.1) is 0 Å². The van der Waals surface area contributed by atoms with Crippen molar-refractivity contribution in [2.24, 2.45) is 0 Å². The Kier molecular flexibility index (Phi) is 5.13. The van der Waals surface area contributed by atoms with Crippen molar-refractivity contribution < 1.29 is 5.11 Å². The highest BCUT2D eigenvalue weighted by atomic mass is 79.9. The number of aliphatic hydroxyl groups excluding tert-OH is 1. The maximum Gasteiger partial charge on any atom is 0.261 e. The third kappa shape index (κ3) is 3.44. The largest absolute Gasteiger partial charge is 0.391 e. The molecule has 0 spiro atoms. The predicted molar refractivity (Wildman–Crippen MR) is 122 cm³/mol. The van der Waals surface area contributed by atoms with E-state index in [2.05, 4.69) is 38.0 Å². The molecule has 2 atom stereocenters. The molecule has 0 unspecified atom stereocenters. The Morgan fingerprint density at radius 1 is 1.03 bits per heavy atom. The van der Waals surface area contributed by atoms with Gasteiger partial charge in [0, 0.05) is 16.1 Å². The molecular formula is C24H22BrN3O2. The van der Waals surface area contributed by atoms with Gasteiger partial charge in [-0.1, -0.05) is 40.9 Å². The predicted octanol–water partition coefficient (Wildman–Crippen LogP) is 4.77. The van der Waals surface area contributed by atoms with Gasteiger partial charge in [0.2, 0.25) is 0 Å². The number of fused-ring (bicyclic) bond motifs is 3. The zero-order valence-electron chi connectivity index (χ0n) is 16.5. The van der Waals surface area contributed by atoms with Crippen LogP contribution in [0.4, 0.5) is 0 Å². The SMILES string of the molecule is O=c1c2cc(Cc3ccc(Br)cc3)c3ncccc3c2ncn1[C@H]1CCCC[C@@H]1O. The summed E-state index contributed by atoms with van der Waals surface area (Å²) in [6.07, 6.45) is 7.10. The summed E-state index contributed by atoms with van der Waals surface area (Å²) in [7, 11) is 0. The molecule has 2 aromatic carbocycles. The van der Waals surface area contributed by atoms with Gasteiger partial charge in [0.15, 0.2) is 0 Å². The molecule has 1 aliphatic rings. The summed E-state index contributed by atoms with van der Waals surface area (Å²) < 4.78 is 2.67. The third-order valence-corrected chi connectivity index (χ3v) is 6.60. The van der Waals surface area contributed by atoms with E-state index in [1.807, 2.05) is 30.3 Å². The lowest BCUT2D eigenvalue weighted by Crippen LogP contribution is -2.34. The van der Waals surface area contributed by atoms with Gasteiger partial charge in [0.25, 0.3) is 5.56 Å². The van der Waals surface area contributed by atoms with Crippen molar-refractivity contribution in [3.63, 3.8) is 0 Å². The molecule has 152 valence electrons. The first-order chi connectivity index (χ1) is 14.6. The normalized spacial score (nSPS) is 19.4. The Balaban J connectivity index is 1.70. The number of pyridine rings is 1. The molecule has 2 aromatic heterocycles. The summed E-state index contributed by atoms with van der Waals surface area (Å²) in [6, 6.07) is 13.8. The molecule has 2 heterocycles. The van der Waals surface area contributed by atoms with E-state index in [9.17, 15) is 9.90 Å². The van der Waals surface area contributed by atoms with Gasteiger partial charge in [0.1, 0.15) is 0 Å². The van der Waals surface area contributed by atoms with Gasteiger partial charge in [-0.25, -0.2) is 4.98 Å². The summed E-state index contributed by atoms with van der Waals surface area (Å²) in [6.45, 7) is 0. The molecular weight excluding hydrogens is 442 g/mol. The van der Waals surface area contributed by atoms with Gasteiger partial charge < -0.3 is 5.11 Å². The van der Waals surface area contributed by atoms with Crippen LogP contribution in [-0.4, -0.2) is 25.7 Å². The molecule has 1 aliphatic carbocycles. The molecule has 30 heavy (non-hydrogen) atoms. The first kappa shape index (κ1) is 19.4. The highest BCUT2D eigenvalue weighted by Gasteiger charge is 2.26. The average Bonchev–Trinajstić information content (AvgIpc) is 2.77. The number of aromatic nitrogens is 3. The lowest BCUT2D eigenvalue weighted by Gasteiger charge is -2.29. The Morgan fingerprint density at radius 2 is 1.83 bits per heavy atom. The van der Waals surface area contributed by atoms with E-state index in [1.165, 1.54) is 0 Å². The van der Waals surface area contributed by atoms with Crippen molar-refractivity contribution in [3.05, 3.63) is 80.9 Å². The van der Waals surface area contributed by atoms with E-state index in [0.29, 0.717) is 17.3 Å². The number of benzene rings is 2. The first-order valence-electron chi connectivity index (χ1n) is 10.3. The molecule has 0 radical (unpaired) electrons. The molecule has 1 fully saturated rings. The smallest absolute Gasteiger partial charge is 0.261 e. The Bertz CT molecular complexity index is 1280. The van der Waals surface area contributed by atoms with E-state index in [0.717, 1.165) is 52.2 Å². The fourth-order valence-corrected chi connectivity index (χ4v) is 4.80. The van der Waals surface area contributed by atoms with Crippen LogP contribution in [0.3, 0.4) is 0 Å². The van der Waals surface area contributed by atoms with Crippen molar-refractivity contribution >= 4 is 37.7 Å². The summed E-state index contributed by atoms with van der Waals surface area (Å²) in [5, 5.41) is 11.9.